The molecule has 1 heterocycles. The highest BCUT2D eigenvalue weighted by Crippen LogP contribution is 2.20. The molecule has 0 amide bonds. The van der Waals surface area contributed by atoms with Gasteiger partial charge in [-0.05, 0) is 24.6 Å². The summed E-state index contributed by atoms with van der Waals surface area (Å²) in [4.78, 5) is 27.2. The summed E-state index contributed by atoms with van der Waals surface area (Å²) in [5.74, 6) is -0.402. The Labute approximate surface area is 111 Å². The van der Waals surface area contributed by atoms with Crippen LogP contribution in [0.25, 0.3) is 0 Å². The lowest BCUT2D eigenvalue weighted by Crippen LogP contribution is -2.11. The van der Waals surface area contributed by atoms with Crippen LogP contribution in [0.3, 0.4) is 0 Å². The Kier molecular flexibility index (Phi) is 3.90. The molecule has 0 fully saturated rings. The van der Waals surface area contributed by atoms with E-state index in [9.17, 15) is 9.59 Å². The molecule has 0 aromatic heterocycles. The molecule has 4 heteroatoms. The molecule has 0 atom stereocenters. The van der Waals surface area contributed by atoms with E-state index < -0.39 is 0 Å². The quantitative estimate of drug-likeness (QED) is 0.779. The van der Waals surface area contributed by atoms with Crippen LogP contribution >= 0.6 is 0 Å². The maximum Gasteiger partial charge on any atom is 0.338 e. The van der Waals surface area contributed by atoms with Crippen LogP contribution in [0.5, 0.6) is 0 Å². The van der Waals surface area contributed by atoms with E-state index in [1.165, 1.54) is 6.92 Å². The van der Waals surface area contributed by atoms with Gasteiger partial charge in [-0.1, -0.05) is 18.2 Å². The Morgan fingerprint density at radius 2 is 1.95 bits per heavy atom. The topological polar surface area (TPSA) is 55.7 Å². The van der Waals surface area contributed by atoms with Gasteiger partial charge in [0, 0.05) is 19.0 Å². The van der Waals surface area contributed by atoms with E-state index in [0.717, 1.165) is 11.3 Å². The van der Waals surface area contributed by atoms with Gasteiger partial charge >= 0.3 is 5.97 Å². The summed E-state index contributed by atoms with van der Waals surface area (Å²) in [5, 5.41) is 0. The molecule has 1 aromatic rings. The van der Waals surface area contributed by atoms with E-state index in [-0.39, 0.29) is 18.4 Å². The van der Waals surface area contributed by atoms with Crippen LogP contribution in [0.2, 0.25) is 0 Å². The van der Waals surface area contributed by atoms with E-state index in [1.54, 1.807) is 24.3 Å². The summed E-state index contributed by atoms with van der Waals surface area (Å²) in [7, 11) is 0. The number of esters is 1. The highest BCUT2D eigenvalue weighted by molar-refractivity contribution is 6.40. The summed E-state index contributed by atoms with van der Waals surface area (Å²) in [5.41, 5.74) is 2.70. The average molecular weight is 257 g/mol. The number of benzene rings is 1. The van der Waals surface area contributed by atoms with Crippen molar-refractivity contribution in [2.45, 2.75) is 20.3 Å². The molecule has 1 aliphatic heterocycles. The molecular weight excluding hydrogens is 242 g/mol. The molecule has 0 bridgehead atoms. The van der Waals surface area contributed by atoms with Gasteiger partial charge in [0.1, 0.15) is 6.61 Å². The van der Waals surface area contributed by atoms with Crippen LogP contribution in [0.15, 0.2) is 46.6 Å². The van der Waals surface area contributed by atoms with Crippen molar-refractivity contribution in [1.29, 1.82) is 0 Å². The summed E-state index contributed by atoms with van der Waals surface area (Å²) >= 11 is 0. The summed E-state index contributed by atoms with van der Waals surface area (Å²) in [6.07, 6.45) is 0.475. The Morgan fingerprint density at radius 1 is 1.26 bits per heavy atom. The van der Waals surface area contributed by atoms with Crippen molar-refractivity contribution in [2.75, 3.05) is 6.61 Å². The maximum atomic E-state index is 11.8. The molecule has 0 N–H and O–H groups in total. The standard InChI is InChI=1S/C15H15NO3/c1-10-13(8-14(16-10)11(2)17)9-19-15(18)12-6-4-3-5-7-12/h3-7H,8-9H2,1-2H3. The van der Waals surface area contributed by atoms with E-state index in [1.807, 2.05) is 13.0 Å². The van der Waals surface area contributed by atoms with Crippen molar-refractivity contribution in [3.8, 4) is 0 Å². The lowest BCUT2D eigenvalue weighted by Gasteiger charge is -2.06. The van der Waals surface area contributed by atoms with Crippen LogP contribution in [0, 0.1) is 0 Å². The second kappa shape index (κ2) is 5.61. The zero-order chi connectivity index (χ0) is 13.8. The second-order valence-corrected chi connectivity index (χ2v) is 4.42. The Bertz CT molecular complexity index is 570. The van der Waals surface area contributed by atoms with Gasteiger partial charge in [-0.2, -0.15) is 0 Å². The minimum atomic E-state index is -0.364. The molecule has 0 radical (unpaired) electrons. The van der Waals surface area contributed by atoms with Crippen LogP contribution in [-0.4, -0.2) is 24.1 Å². The molecule has 0 unspecified atom stereocenters. The zero-order valence-corrected chi connectivity index (χ0v) is 11.0. The van der Waals surface area contributed by atoms with Gasteiger partial charge in [0.15, 0.2) is 5.78 Å². The molecule has 0 saturated carbocycles. The molecule has 1 aromatic carbocycles. The summed E-state index contributed by atoms with van der Waals surface area (Å²) in [6.45, 7) is 3.49. The van der Waals surface area contributed by atoms with Crippen LogP contribution in [0.4, 0.5) is 0 Å². The predicted octanol–water partition coefficient (Wildman–Crippen LogP) is 2.55. The molecule has 19 heavy (non-hydrogen) atoms. The second-order valence-electron chi connectivity index (χ2n) is 4.42. The van der Waals surface area contributed by atoms with Crippen molar-refractivity contribution in [2.24, 2.45) is 4.99 Å². The summed E-state index contributed by atoms with van der Waals surface area (Å²) in [6, 6.07) is 8.82. The molecule has 98 valence electrons. The number of ketones is 1. The summed E-state index contributed by atoms with van der Waals surface area (Å²) < 4.78 is 5.23. The Hall–Kier alpha value is -2.23. The number of hydrogen-bond donors (Lipinski definition) is 0. The third-order valence-electron chi connectivity index (χ3n) is 2.99. The third-order valence-corrected chi connectivity index (χ3v) is 2.99. The van der Waals surface area contributed by atoms with Crippen molar-refractivity contribution in [3.05, 3.63) is 47.2 Å². The van der Waals surface area contributed by atoms with Crippen molar-refractivity contribution in [3.63, 3.8) is 0 Å². The first-order valence-electron chi connectivity index (χ1n) is 6.07. The zero-order valence-electron chi connectivity index (χ0n) is 11.0. The molecule has 1 aliphatic rings. The number of aliphatic imine (C=N–C) groups is 1. The molecule has 0 spiro atoms. The predicted molar refractivity (Wildman–Crippen MR) is 72.2 cm³/mol. The highest BCUT2D eigenvalue weighted by atomic mass is 16.5. The molecule has 0 saturated heterocycles. The number of rotatable bonds is 4. The number of allylic oxidation sites excluding steroid dienone is 1. The van der Waals surface area contributed by atoms with Gasteiger partial charge in [-0.3, -0.25) is 9.79 Å². The largest absolute Gasteiger partial charge is 0.457 e. The number of Topliss-reactive ketones (excluding diaryl/α,β-unsaturated/α-hetero) is 1. The van der Waals surface area contributed by atoms with Gasteiger partial charge in [0.05, 0.1) is 11.3 Å². The van der Waals surface area contributed by atoms with Gasteiger partial charge in [-0.15, -0.1) is 0 Å². The van der Waals surface area contributed by atoms with Gasteiger partial charge in [0.2, 0.25) is 0 Å². The monoisotopic (exact) mass is 257 g/mol. The fraction of sp³-hybridized carbons (Fsp3) is 0.267. The fourth-order valence-corrected chi connectivity index (χ4v) is 1.82. The number of ether oxygens (including phenoxy) is 1. The van der Waals surface area contributed by atoms with Crippen molar-refractivity contribution < 1.29 is 14.3 Å². The Morgan fingerprint density at radius 3 is 2.53 bits per heavy atom. The normalized spacial score (nSPS) is 14.3. The smallest absolute Gasteiger partial charge is 0.338 e. The van der Waals surface area contributed by atoms with E-state index in [4.69, 9.17) is 4.74 Å². The van der Waals surface area contributed by atoms with Gasteiger partial charge in [-0.25, -0.2) is 4.79 Å². The lowest BCUT2D eigenvalue weighted by molar-refractivity contribution is -0.111. The molecule has 2 rings (SSSR count). The fourth-order valence-electron chi connectivity index (χ4n) is 1.82. The SMILES string of the molecule is CC(=O)C1=NC(C)=C(COC(=O)c2ccccc2)C1. The average Bonchev–Trinajstić information content (AvgIpc) is 2.79. The molecule has 4 nitrogen and oxygen atoms in total. The first kappa shape index (κ1) is 13.2. The molecule has 0 aliphatic carbocycles. The number of carbonyl (C=O) groups excluding carboxylic acids is 2. The number of nitrogens with zero attached hydrogens (tertiary/aromatic N) is 1. The van der Waals surface area contributed by atoms with Crippen LogP contribution < -0.4 is 0 Å². The number of carbonyl (C=O) groups is 2. The third kappa shape index (κ3) is 3.16. The van der Waals surface area contributed by atoms with Crippen molar-refractivity contribution in [1.82, 2.24) is 0 Å². The van der Waals surface area contributed by atoms with E-state index in [0.29, 0.717) is 17.7 Å². The first-order valence-corrected chi connectivity index (χ1v) is 6.07. The van der Waals surface area contributed by atoms with Crippen molar-refractivity contribution >= 4 is 17.5 Å². The van der Waals surface area contributed by atoms with Gasteiger partial charge < -0.3 is 4.74 Å². The minimum absolute atomic E-state index is 0.0382. The highest BCUT2D eigenvalue weighted by Gasteiger charge is 2.19. The Balaban J connectivity index is 1.93. The maximum absolute atomic E-state index is 11.8. The van der Waals surface area contributed by atoms with E-state index in [2.05, 4.69) is 4.99 Å². The lowest BCUT2D eigenvalue weighted by atomic mass is 10.1. The first-order chi connectivity index (χ1) is 9.08. The van der Waals surface area contributed by atoms with Crippen LogP contribution in [-0.2, 0) is 9.53 Å². The van der Waals surface area contributed by atoms with E-state index >= 15 is 0 Å². The van der Waals surface area contributed by atoms with Gasteiger partial charge in [0.25, 0.3) is 0 Å². The van der Waals surface area contributed by atoms with Crippen LogP contribution in [0.1, 0.15) is 30.6 Å². The minimum Gasteiger partial charge on any atom is -0.457 e. The molecular formula is C15H15NO3. The number of hydrogen-bond acceptors (Lipinski definition) is 4.